The first-order chi connectivity index (χ1) is 10.5. The molecule has 2 rings (SSSR count). The molecule has 2 N–H and O–H groups in total. The number of carboxylic acids is 1. The summed E-state index contributed by atoms with van der Waals surface area (Å²) in [6, 6.07) is 7.79. The van der Waals surface area contributed by atoms with E-state index < -0.39 is 17.8 Å². The number of carbonyl (C=O) groups is 2. The van der Waals surface area contributed by atoms with Gasteiger partial charge in [-0.15, -0.1) is 0 Å². The minimum absolute atomic E-state index is 0.215. The van der Waals surface area contributed by atoms with Crippen LogP contribution in [0.25, 0.3) is 0 Å². The first-order valence-electron chi connectivity index (χ1n) is 7.81. The van der Waals surface area contributed by atoms with E-state index in [1.807, 2.05) is 36.4 Å². The minimum atomic E-state index is -0.906. The van der Waals surface area contributed by atoms with Crippen LogP contribution in [0, 0.1) is 11.8 Å². The van der Waals surface area contributed by atoms with Crippen molar-refractivity contribution in [2.45, 2.75) is 39.0 Å². The summed E-state index contributed by atoms with van der Waals surface area (Å²) in [5.74, 6) is -1.77. The van der Waals surface area contributed by atoms with Crippen molar-refractivity contribution in [1.82, 2.24) is 0 Å². The van der Waals surface area contributed by atoms with Crippen LogP contribution in [0.4, 0.5) is 5.69 Å². The lowest BCUT2D eigenvalue weighted by Crippen LogP contribution is -2.34. The third-order valence-corrected chi connectivity index (χ3v) is 4.45. The van der Waals surface area contributed by atoms with Crippen molar-refractivity contribution in [3.05, 3.63) is 42.0 Å². The Morgan fingerprint density at radius 3 is 2.32 bits per heavy atom. The van der Waals surface area contributed by atoms with Gasteiger partial charge in [0.15, 0.2) is 0 Å². The van der Waals surface area contributed by atoms with Crippen LogP contribution in [0.15, 0.2) is 36.4 Å². The van der Waals surface area contributed by atoms with Gasteiger partial charge in [-0.25, -0.2) is 0 Å². The summed E-state index contributed by atoms with van der Waals surface area (Å²) < 4.78 is 0. The number of rotatable bonds is 5. The van der Waals surface area contributed by atoms with Crippen LogP contribution in [0.2, 0.25) is 0 Å². The molecule has 0 fully saturated rings. The molecule has 0 radical (unpaired) electrons. The first-order valence-corrected chi connectivity index (χ1v) is 7.81. The third-order valence-electron chi connectivity index (χ3n) is 4.45. The number of anilines is 1. The van der Waals surface area contributed by atoms with Crippen molar-refractivity contribution in [1.29, 1.82) is 0 Å². The van der Waals surface area contributed by atoms with Crippen LogP contribution in [0.3, 0.4) is 0 Å². The zero-order valence-electron chi connectivity index (χ0n) is 13.1. The number of amides is 1. The maximum absolute atomic E-state index is 12.3. The van der Waals surface area contributed by atoms with E-state index in [-0.39, 0.29) is 5.91 Å². The third kappa shape index (κ3) is 3.75. The number of carboxylic acid groups (broad SMARTS) is 1. The van der Waals surface area contributed by atoms with Crippen molar-refractivity contribution in [2.24, 2.45) is 11.8 Å². The Bertz CT molecular complexity index is 562. The average molecular weight is 301 g/mol. The second-order valence-corrected chi connectivity index (χ2v) is 5.91. The summed E-state index contributed by atoms with van der Waals surface area (Å²) in [7, 11) is 0. The van der Waals surface area contributed by atoms with Gasteiger partial charge < -0.3 is 10.4 Å². The number of aliphatic carboxylic acids is 1. The zero-order valence-corrected chi connectivity index (χ0v) is 13.1. The van der Waals surface area contributed by atoms with Crippen molar-refractivity contribution in [3.63, 3.8) is 0 Å². The van der Waals surface area contributed by atoms with Gasteiger partial charge in [-0.3, -0.25) is 9.59 Å². The Labute approximate surface area is 131 Å². The molecule has 22 heavy (non-hydrogen) atoms. The number of carbonyl (C=O) groups excluding carboxylic acids is 1. The molecular formula is C18H23NO3. The topological polar surface area (TPSA) is 66.4 Å². The van der Waals surface area contributed by atoms with Gasteiger partial charge in [0.1, 0.15) is 0 Å². The molecule has 0 heterocycles. The van der Waals surface area contributed by atoms with Crippen molar-refractivity contribution in [2.75, 3.05) is 5.32 Å². The normalized spacial score (nSPS) is 22.1. The van der Waals surface area contributed by atoms with Gasteiger partial charge in [-0.1, -0.05) is 38.1 Å². The Kier molecular flexibility index (Phi) is 5.36. The molecule has 0 unspecified atom stereocenters. The predicted molar refractivity (Wildman–Crippen MR) is 86.8 cm³/mol. The van der Waals surface area contributed by atoms with Crippen molar-refractivity contribution < 1.29 is 14.7 Å². The SMILES string of the molecule is CC[C@H](C)c1ccc(NC(=O)[C@@H]2CC=CC[C@@H]2C(=O)O)cc1. The van der Waals surface area contributed by atoms with Crippen LogP contribution in [0.5, 0.6) is 0 Å². The molecule has 0 aromatic heterocycles. The van der Waals surface area contributed by atoms with Gasteiger partial charge in [0.25, 0.3) is 0 Å². The highest BCUT2D eigenvalue weighted by molar-refractivity contribution is 5.95. The minimum Gasteiger partial charge on any atom is -0.481 e. The number of hydrogen-bond donors (Lipinski definition) is 2. The lowest BCUT2D eigenvalue weighted by Gasteiger charge is -2.24. The van der Waals surface area contributed by atoms with Crippen molar-refractivity contribution >= 4 is 17.6 Å². The molecule has 1 aromatic rings. The number of benzene rings is 1. The number of hydrogen-bond acceptors (Lipinski definition) is 2. The number of allylic oxidation sites excluding steroid dienone is 2. The van der Waals surface area contributed by atoms with Crippen molar-refractivity contribution in [3.8, 4) is 0 Å². The molecule has 0 bridgehead atoms. The van der Waals surface area contributed by atoms with Crippen LogP contribution >= 0.6 is 0 Å². The Balaban J connectivity index is 2.05. The summed E-state index contributed by atoms with van der Waals surface area (Å²) in [5, 5.41) is 12.1. The van der Waals surface area contributed by atoms with E-state index in [0.29, 0.717) is 18.8 Å². The molecule has 0 saturated heterocycles. The summed E-state index contributed by atoms with van der Waals surface area (Å²) in [6.07, 6.45) is 5.69. The molecule has 1 aliphatic rings. The van der Waals surface area contributed by atoms with E-state index in [4.69, 9.17) is 0 Å². The average Bonchev–Trinajstić information content (AvgIpc) is 2.54. The molecule has 118 valence electrons. The van der Waals surface area contributed by atoms with Gasteiger partial charge >= 0.3 is 5.97 Å². The highest BCUT2D eigenvalue weighted by Gasteiger charge is 2.33. The molecule has 1 aliphatic carbocycles. The Morgan fingerprint density at radius 2 is 1.77 bits per heavy atom. The highest BCUT2D eigenvalue weighted by Crippen LogP contribution is 2.27. The molecule has 4 heteroatoms. The Morgan fingerprint density at radius 1 is 1.18 bits per heavy atom. The largest absolute Gasteiger partial charge is 0.481 e. The lowest BCUT2D eigenvalue weighted by molar-refractivity contribution is -0.146. The van der Waals surface area contributed by atoms with Crippen LogP contribution in [-0.4, -0.2) is 17.0 Å². The molecule has 0 spiro atoms. The fraction of sp³-hybridized carbons (Fsp3) is 0.444. The lowest BCUT2D eigenvalue weighted by atomic mass is 9.82. The second kappa shape index (κ2) is 7.25. The molecular weight excluding hydrogens is 278 g/mol. The fourth-order valence-electron chi connectivity index (χ4n) is 2.74. The standard InChI is InChI=1S/C18H23NO3/c1-3-12(2)13-8-10-14(11-9-13)19-17(20)15-6-4-5-7-16(15)18(21)22/h4-5,8-12,15-16H,3,6-7H2,1-2H3,(H,19,20)(H,21,22)/t12-,15+,16-/m0/s1. The van der Waals surface area contributed by atoms with Gasteiger partial charge in [0.05, 0.1) is 11.8 Å². The van der Waals surface area contributed by atoms with Gasteiger partial charge in [-0.2, -0.15) is 0 Å². The summed E-state index contributed by atoms with van der Waals surface area (Å²) in [5.41, 5.74) is 1.96. The smallest absolute Gasteiger partial charge is 0.307 e. The van der Waals surface area contributed by atoms with E-state index in [1.165, 1.54) is 5.56 Å². The summed E-state index contributed by atoms with van der Waals surface area (Å²) >= 11 is 0. The summed E-state index contributed by atoms with van der Waals surface area (Å²) in [6.45, 7) is 4.31. The van der Waals surface area contributed by atoms with E-state index in [9.17, 15) is 14.7 Å². The molecule has 3 atom stereocenters. The van der Waals surface area contributed by atoms with Crippen LogP contribution < -0.4 is 5.32 Å². The first kappa shape index (κ1) is 16.3. The Hall–Kier alpha value is -2.10. The van der Waals surface area contributed by atoms with Gasteiger partial charge in [0, 0.05) is 5.69 Å². The highest BCUT2D eigenvalue weighted by atomic mass is 16.4. The second-order valence-electron chi connectivity index (χ2n) is 5.91. The molecule has 4 nitrogen and oxygen atoms in total. The molecule has 1 aromatic carbocycles. The van der Waals surface area contributed by atoms with E-state index >= 15 is 0 Å². The zero-order chi connectivity index (χ0) is 16.1. The maximum Gasteiger partial charge on any atom is 0.307 e. The number of nitrogens with one attached hydrogen (secondary N) is 1. The monoisotopic (exact) mass is 301 g/mol. The quantitative estimate of drug-likeness (QED) is 0.813. The van der Waals surface area contributed by atoms with E-state index in [2.05, 4.69) is 19.2 Å². The molecule has 0 aliphatic heterocycles. The summed E-state index contributed by atoms with van der Waals surface area (Å²) in [4.78, 5) is 23.6. The maximum atomic E-state index is 12.3. The molecule has 0 saturated carbocycles. The van der Waals surface area contributed by atoms with Gasteiger partial charge in [0.2, 0.25) is 5.91 Å². The predicted octanol–water partition coefficient (Wildman–Crippen LogP) is 3.81. The molecule has 1 amide bonds. The van der Waals surface area contributed by atoms with E-state index in [0.717, 1.165) is 12.1 Å². The van der Waals surface area contributed by atoms with E-state index in [1.54, 1.807) is 0 Å². The fourth-order valence-corrected chi connectivity index (χ4v) is 2.74. The van der Waals surface area contributed by atoms with Crippen LogP contribution in [-0.2, 0) is 9.59 Å². The van der Waals surface area contributed by atoms with Gasteiger partial charge in [-0.05, 0) is 42.9 Å². The van der Waals surface area contributed by atoms with Crippen LogP contribution in [0.1, 0.15) is 44.6 Å².